The molecule has 0 unspecified atom stereocenters. The van der Waals surface area contributed by atoms with Gasteiger partial charge in [0.2, 0.25) is 5.16 Å². The first-order valence-corrected chi connectivity index (χ1v) is 6.49. The first-order chi connectivity index (χ1) is 9.15. The molecule has 1 fully saturated rings. The van der Waals surface area contributed by atoms with Crippen LogP contribution < -0.4 is 0 Å². The summed E-state index contributed by atoms with van der Waals surface area (Å²) in [5.41, 5.74) is 0.0564. The van der Waals surface area contributed by atoms with Crippen LogP contribution in [0.2, 0.25) is 0 Å². The molecule has 1 aliphatic carbocycles. The lowest BCUT2D eigenvalue weighted by atomic mass is 10.3. The van der Waals surface area contributed by atoms with Gasteiger partial charge in [-0.1, -0.05) is 0 Å². The van der Waals surface area contributed by atoms with Crippen molar-refractivity contribution in [1.82, 2.24) is 30.2 Å². The molecule has 0 radical (unpaired) electrons. The smallest absolute Gasteiger partial charge is 0.340 e. The molecule has 2 aromatic heterocycles. The van der Waals surface area contributed by atoms with Crippen molar-refractivity contribution in [1.29, 1.82) is 0 Å². The van der Waals surface area contributed by atoms with Gasteiger partial charge in [-0.3, -0.25) is 0 Å². The first kappa shape index (κ1) is 12.0. The summed E-state index contributed by atoms with van der Waals surface area (Å²) in [4.78, 5) is 19.2. The van der Waals surface area contributed by atoms with Crippen LogP contribution in [0.15, 0.2) is 16.4 Å². The van der Waals surface area contributed by atoms with E-state index in [-0.39, 0.29) is 5.56 Å². The van der Waals surface area contributed by atoms with Gasteiger partial charge in [0.1, 0.15) is 16.4 Å². The van der Waals surface area contributed by atoms with Crippen molar-refractivity contribution in [3.05, 3.63) is 17.6 Å². The summed E-state index contributed by atoms with van der Waals surface area (Å²) in [6.07, 6.45) is 3.40. The molecule has 0 aromatic carbocycles. The van der Waals surface area contributed by atoms with Gasteiger partial charge in [0.25, 0.3) is 0 Å². The van der Waals surface area contributed by atoms with E-state index in [0.29, 0.717) is 22.0 Å². The van der Waals surface area contributed by atoms with E-state index in [1.807, 2.05) is 0 Å². The fourth-order valence-electron chi connectivity index (χ4n) is 1.56. The number of carboxylic acid groups (broad SMARTS) is 1. The summed E-state index contributed by atoms with van der Waals surface area (Å²) in [7, 11) is 0. The standard InChI is InChI=1S/C10H10N6O2S/c1-5-11-4-7(9(17)18)8(12-5)19-10-13-14-15-16(10)6-2-3-6/h4,6H,2-3H2,1H3,(H,17,18). The molecule has 0 saturated heterocycles. The second-order valence-electron chi connectivity index (χ2n) is 4.18. The fourth-order valence-corrected chi connectivity index (χ4v) is 2.52. The lowest BCUT2D eigenvalue weighted by Gasteiger charge is -2.05. The molecule has 19 heavy (non-hydrogen) atoms. The molecule has 98 valence electrons. The molecule has 0 amide bonds. The lowest BCUT2D eigenvalue weighted by molar-refractivity contribution is 0.0691. The number of carboxylic acids is 1. The van der Waals surface area contributed by atoms with Gasteiger partial charge >= 0.3 is 5.97 Å². The van der Waals surface area contributed by atoms with Gasteiger partial charge in [0.15, 0.2) is 0 Å². The molecule has 2 heterocycles. The zero-order valence-electron chi connectivity index (χ0n) is 10.0. The van der Waals surface area contributed by atoms with Crippen LogP contribution >= 0.6 is 11.8 Å². The molecule has 1 saturated carbocycles. The van der Waals surface area contributed by atoms with Crippen molar-refractivity contribution in [2.75, 3.05) is 0 Å². The third-order valence-electron chi connectivity index (χ3n) is 2.65. The Morgan fingerprint density at radius 2 is 2.32 bits per heavy atom. The van der Waals surface area contributed by atoms with E-state index in [4.69, 9.17) is 5.11 Å². The minimum Gasteiger partial charge on any atom is -0.478 e. The van der Waals surface area contributed by atoms with Crippen LogP contribution in [0, 0.1) is 6.92 Å². The summed E-state index contributed by atoms with van der Waals surface area (Å²) in [5.74, 6) is -0.550. The molecule has 9 heteroatoms. The van der Waals surface area contributed by atoms with Gasteiger partial charge in [-0.15, -0.1) is 5.10 Å². The van der Waals surface area contributed by atoms with Gasteiger partial charge in [-0.05, 0) is 42.0 Å². The summed E-state index contributed by atoms with van der Waals surface area (Å²) in [5, 5.41) is 21.5. The predicted molar refractivity (Wildman–Crippen MR) is 63.9 cm³/mol. The third-order valence-corrected chi connectivity index (χ3v) is 3.60. The monoisotopic (exact) mass is 278 g/mol. The largest absolute Gasteiger partial charge is 0.478 e. The zero-order valence-corrected chi connectivity index (χ0v) is 10.8. The van der Waals surface area contributed by atoms with Gasteiger partial charge in [-0.25, -0.2) is 19.4 Å². The van der Waals surface area contributed by atoms with Crippen molar-refractivity contribution >= 4 is 17.7 Å². The van der Waals surface area contributed by atoms with E-state index in [2.05, 4.69) is 25.5 Å². The number of aromatic carboxylic acids is 1. The van der Waals surface area contributed by atoms with Crippen molar-refractivity contribution in [2.45, 2.75) is 36.0 Å². The highest BCUT2D eigenvalue weighted by Gasteiger charge is 2.29. The summed E-state index contributed by atoms with van der Waals surface area (Å²) >= 11 is 1.15. The number of aromatic nitrogens is 6. The minimum absolute atomic E-state index is 0.0564. The number of nitrogens with zero attached hydrogens (tertiary/aromatic N) is 6. The Kier molecular flexibility index (Phi) is 2.90. The Bertz CT molecular complexity index is 639. The number of aryl methyl sites for hydroxylation is 1. The van der Waals surface area contributed by atoms with Crippen LogP contribution in [-0.2, 0) is 0 Å². The van der Waals surface area contributed by atoms with Crippen LogP contribution in [-0.4, -0.2) is 41.3 Å². The van der Waals surface area contributed by atoms with Crippen LogP contribution in [0.25, 0.3) is 0 Å². The summed E-state index contributed by atoms with van der Waals surface area (Å²) < 4.78 is 1.72. The van der Waals surface area contributed by atoms with Crippen molar-refractivity contribution in [2.24, 2.45) is 0 Å². The highest BCUT2D eigenvalue weighted by Crippen LogP contribution is 2.38. The molecule has 2 aromatic rings. The maximum Gasteiger partial charge on any atom is 0.340 e. The second-order valence-corrected chi connectivity index (χ2v) is 5.14. The van der Waals surface area contributed by atoms with Crippen molar-refractivity contribution < 1.29 is 9.90 Å². The number of rotatable bonds is 4. The van der Waals surface area contributed by atoms with Gasteiger partial charge in [-0.2, -0.15) is 0 Å². The predicted octanol–water partition coefficient (Wildman–Crippen LogP) is 0.956. The average Bonchev–Trinajstić information content (AvgIpc) is 3.10. The number of hydrogen-bond donors (Lipinski definition) is 1. The average molecular weight is 278 g/mol. The molecule has 1 aliphatic rings. The van der Waals surface area contributed by atoms with Crippen molar-refractivity contribution in [3.8, 4) is 0 Å². The van der Waals surface area contributed by atoms with E-state index < -0.39 is 5.97 Å². The molecule has 0 aliphatic heterocycles. The molecule has 0 spiro atoms. The van der Waals surface area contributed by atoms with Gasteiger partial charge < -0.3 is 5.11 Å². The van der Waals surface area contributed by atoms with Gasteiger partial charge in [0.05, 0.1) is 6.04 Å². The van der Waals surface area contributed by atoms with Crippen molar-refractivity contribution in [3.63, 3.8) is 0 Å². The minimum atomic E-state index is -1.06. The highest BCUT2D eigenvalue weighted by molar-refractivity contribution is 7.99. The van der Waals surface area contributed by atoms with Crippen LogP contribution in [0.1, 0.15) is 35.1 Å². The van der Waals surface area contributed by atoms with Gasteiger partial charge in [0, 0.05) is 6.20 Å². The number of tetrazole rings is 1. The van der Waals surface area contributed by atoms with E-state index >= 15 is 0 Å². The van der Waals surface area contributed by atoms with E-state index in [0.717, 1.165) is 24.6 Å². The molecule has 8 nitrogen and oxygen atoms in total. The Morgan fingerprint density at radius 3 is 3.00 bits per heavy atom. The Balaban J connectivity index is 1.95. The molecule has 0 bridgehead atoms. The second kappa shape index (κ2) is 4.57. The van der Waals surface area contributed by atoms with Crippen LogP contribution in [0.5, 0.6) is 0 Å². The molecular weight excluding hydrogens is 268 g/mol. The Morgan fingerprint density at radius 1 is 1.53 bits per heavy atom. The lowest BCUT2D eigenvalue weighted by Crippen LogP contribution is -2.05. The quantitative estimate of drug-likeness (QED) is 0.824. The van der Waals surface area contributed by atoms with E-state index in [1.54, 1.807) is 11.6 Å². The molecule has 3 rings (SSSR count). The molecule has 1 N–H and O–H groups in total. The maximum atomic E-state index is 11.1. The van der Waals surface area contributed by atoms with E-state index in [9.17, 15) is 4.79 Å². The maximum absolute atomic E-state index is 11.1. The number of carbonyl (C=O) groups is 1. The van der Waals surface area contributed by atoms with E-state index in [1.165, 1.54) is 6.20 Å². The summed E-state index contributed by atoms with van der Waals surface area (Å²) in [6, 6.07) is 0.328. The number of hydrogen-bond acceptors (Lipinski definition) is 7. The fraction of sp³-hybridized carbons (Fsp3) is 0.400. The third kappa shape index (κ3) is 2.41. The normalized spacial score (nSPS) is 14.6. The first-order valence-electron chi connectivity index (χ1n) is 5.68. The Labute approximate surface area is 112 Å². The zero-order chi connectivity index (χ0) is 13.4. The molecule has 0 atom stereocenters. The topological polar surface area (TPSA) is 107 Å². The highest BCUT2D eigenvalue weighted by atomic mass is 32.2. The van der Waals surface area contributed by atoms with Crippen LogP contribution in [0.4, 0.5) is 0 Å². The summed E-state index contributed by atoms with van der Waals surface area (Å²) in [6.45, 7) is 1.71. The Hall–Kier alpha value is -2.03. The van der Waals surface area contributed by atoms with Crippen LogP contribution in [0.3, 0.4) is 0 Å². The molecular formula is C10H10N6O2S. The SMILES string of the molecule is Cc1ncc(C(=O)O)c(Sc2nnnn2C2CC2)n1.